The van der Waals surface area contributed by atoms with Crippen LogP contribution in [0.2, 0.25) is 0 Å². The molecule has 3 aromatic heterocycles. The number of benzene rings is 1. The van der Waals surface area contributed by atoms with E-state index in [0.29, 0.717) is 11.7 Å². The maximum atomic E-state index is 5.41. The van der Waals surface area contributed by atoms with Gasteiger partial charge in [-0.2, -0.15) is 4.98 Å². The van der Waals surface area contributed by atoms with Gasteiger partial charge in [0.15, 0.2) is 5.65 Å². The van der Waals surface area contributed by atoms with Gasteiger partial charge >= 0.3 is 0 Å². The minimum atomic E-state index is 0.522. The fourth-order valence-electron chi connectivity index (χ4n) is 2.40. The zero-order valence-electron chi connectivity index (χ0n) is 12.2. The van der Waals surface area contributed by atoms with Crippen molar-refractivity contribution in [3.05, 3.63) is 54.0 Å². The molecule has 0 saturated heterocycles. The van der Waals surface area contributed by atoms with Gasteiger partial charge in [-0.1, -0.05) is 23.4 Å². The lowest BCUT2D eigenvalue weighted by Crippen LogP contribution is -1.90. The third-order valence-corrected chi connectivity index (χ3v) is 3.63. The van der Waals surface area contributed by atoms with Crippen LogP contribution in [-0.2, 0) is 0 Å². The minimum Gasteiger partial charge on any atom is -0.334 e. The second-order valence-corrected chi connectivity index (χ2v) is 5.13. The van der Waals surface area contributed by atoms with Gasteiger partial charge in [-0.3, -0.25) is 4.40 Å². The first-order chi connectivity index (χ1) is 10.7. The second kappa shape index (κ2) is 4.77. The quantitative estimate of drug-likeness (QED) is 0.567. The van der Waals surface area contributed by atoms with Crippen LogP contribution in [0.15, 0.2) is 47.1 Å². The Balaban J connectivity index is 1.80. The van der Waals surface area contributed by atoms with Crippen LogP contribution in [0.5, 0.6) is 0 Å². The van der Waals surface area contributed by atoms with Crippen LogP contribution in [0, 0.1) is 13.8 Å². The Kier molecular flexibility index (Phi) is 2.75. The molecule has 0 spiro atoms. The molecule has 0 amide bonds. The molecule has 6 heteroatoms. The van der Waals surface area contributed by atoms with E-state index in [1.807, 2.05) is 60.8 Å². The number of aryl methyl sites for hydroxylation is 2. The van der Waals surface area contributed by atoms with E-state index < -0.39 is 0 Å². The molecular weight excluding hydrogens is 278 g/mol. The lowest BCUT2D eigenvalue weighted by Gasteiger charge is -1.98. The van der Waals surface area contributed by atoms with Crippen molar-refractivity contribution in [2.75, 3.05) is 0 Å². The molecule has 1 aromatic carbocycles. The molecule has 0 fully saturated rings. The molecule has 0 unspecified atom stereocenters. The van der Waals surface area contributed by atoms with Crippen molar-refractivity contribution in [1.82, 2.24) is 24.7 Å². The van der Waals surface area contributed by atoms with Crippen LogP contribution < -0.4 is 0 Å². The largest absolute Gasteiger partial charge is 0.334 e. The van der Waals surface area contributed by atoms with Crippen molar-refractivity contribution in [1.29, 1.82) is 0 Å². The summed E-state index contributed by atoms with van der Waals surface area (Å²) in [5, 5.41) is 12.2. The van der Waals surface area contributed by atoms with Gasteiger partial charge in [0.25, 0.3) is 5.89 Å². The molecule has 0 aliphatic heterocycles. The smallest absolute Gasteiger partial charge is 0.258 e. The molecule has 108 valence electrons. The van der Waals surface area contributed by atoms with Crippen LogP contribution in [-0.4, -0.2) is 24.7 Å². The summed E-state index contributed by atoms with van der Waals surface area (Å²) in [5.74, 6) is 1.89. The molecule has 6 nitrogen and oxygen atoms in total. The average molecular weight is 291 g/mol. The van der Waals surface area contributed by atoms with Gasteiger partial charge in [0, 0.05) is 17.3 Å². The lowest BCUT2D eigenvalue weighted by atomic mass is 10.1. The maximum absolute atomic E-state index is 5.41. The summed E-state index contributed by atoms with van der Waals surface area (Å²) in [6.45, 7) is 3.92. The normalized spacial score (nSPS) is 11.2. The Labute approximate surface area is 126 Å². The summed E-state index contributed by atoms with van der Waals surface area (Å²) >= 11 is 0. The van der Waals surface area contributed by atoms with Crippen LogP contribution >= 0.6 is 0 Å². The number of nitrogens with zero attached hydrogens (tertiary/aromatic N) is 5. The molecular formula is C16H13N5O. The zero-order chi connectivity index (χ0) is 15.1. The molecule has 0 aliphatic carbocycles. The van der Waals surface area contributed by atoms with Gasteiger partial charge in [-0.05, 0) is 37.6 Å². The summed E-state index contributed by atoms with van der Waals surface area (Å²) in [6.07, 6.45) is 1.91. The Morgan fingerprint density at radius 2 is 1.86 bits per heavy atom. The first-order valence-electron chi connectivity index (χ1n) is 6.94. The van der Waals surface area contributed by atoms with Crippen LogP contribution in [0.25, 0.3) is 28.5 Å². The van der Waals surface area contributed by atoms with E-state index in [9.17, 15) is 0 Å². The molecule has 0 bridgehead atoms. The van der Waals surface area contributed by atoms with E-state index in [0.717, 1.165) is 28.2 Å². The molecule has 22 heavy (non-hydrogen) atoms. The molecule has 4 rings (SSSR count). The fourth-order valence-corrected chi connectivity index (χ4v) is 2.40. The molecule has 0 aliphatic rings. The summed E-state index contributed by atoms with van der Waals surface area (Å²) in [4.78, 5) is 4.50. The Bertz CT molecular complexity index is 970. The Hall–Kier alpha value is -3.02. The van der Waals surface area contributed by atoms with E-state index in [-0.39, 0.29) is 0 Å². The first kappa shape index (κ1) is 12.7. The maximum Gasteiger partial charge on any atom is 0.258 e. The van der Waals surface area contributed by atoms with Gasteiger partial charge in [0.05, 0.1) is 0 Å². The molecule has 0 atom stereocenters. The zero-order valence-corrected chi connectivity index (χ0v) is 12.2. The van der Waals surface area contributed by atoms with Crippen LogP contribution in [0.1, 0.15) is 11.4 Å². The summed E-state index contributed by atoms with van der Waals surface area (Å²) in [6, 6.07) is 11.7. The second-order valence-electron chi connectivity index (χ2n) is 5.13. The van der Waals surface area contributed by atoms with Crippen LogP contribution in [0.4, 0.5) is 0 Å². The highest BCUT2D eigenvalue weighted by Gasteiger charge is 2.13. The molecule has 0 radical (unpaired) electrons. The number of hydrogen-bond acceptors (Lipinski definition) is 5. The SMILES string of the molecule is Cc1ccccc1-c1nc(-c2ccc3nnc(C)n3c2)no1. The van der Waals surface area contributed by atoms with Gasteiger partial charge in [-0.15, -0.1) is 10.2 Å². The van der Waals surface area contributed by atoms with Crippen molar-refractivity contribution in [2.45, 2.75) is 13.8 Å². The topological polar surface area (TPSA) is 69.1 Å². The number of aromatic nitrogens is 5. The van der Waals surface area contributed by atoms with Gasteiger partial charge < -0.3 is 4.52 Å². The molecule has 4 aromatic rings. The third-order valence-electron chi connectivity index (χ3n) is 3.63. The minimum absolute atomic E-state index is 0.522. The average Bonchev–Trinajstić information content (AvgIpc) is 3.15. The van der Waals surface area contributed by atoms with E-state index >= 15 is 0 Å². The molecule has 0 saturated carbocycles. The summed E-state index contributed by atoms with van der Waals surface area (Å²) < 4.78 is 7.31. The summed E-state index contributed by atoms with van der Waals surface area (Å²) in [7, 11) is 0. The number of rotatable bonds is 2. The van der Waals surface area contributed by atoms with Gasteiger partial charge in [-0.25, -0.2) is 0 Å². The van der Waals surface area contributed by atoms with Gasteiger partial charge in [0.2, 0.25) is 5.82 Å². The Morgan fingerprint density at radius 3 is 2.73 bits per heavy atom. The highest BCUT2D eigenvalue weighted by Crippen LogP contribution is 2.24. The van der Waals surface area contributed by atoms with E-state index in [1.54, 1.807) is 0 Å². The molecule has 3 heterocycles. The summed E-state index contributed by atoms with van der Waals surface area (Å²) in [5.41, 5.74) is 3.70. The van der Waals surface area contributed by atoms with E-state index in [4.69, 9.17) is 4.52 Å². The van der Waals surface area contributed by atoms with Gasteiger partial charge in [0.1, 0.15) is 5.82 Å². The predicted octanol–water partition coefficient (Wildman–Crippen LogP) is 3.06. The monoisotopic (exact) mass is 291 g/mol. The lowest BCUT2D eigenvalue weighted by molar-refractivity contribution is 0.432. The highest BCUT2D eigenvalue weighted by molar-refractivity contribution is 5.62. The number of hydrogen-bond donors (Lipinski definition) is 0. The first-order valence-corrected chi connectivity index (χ1v) is 6.94. The van der Waals surface area contributed by atoms with Crippen molar-refractivity contribution in [2.24, 2.45) is 0 Å². The third kappa shape index (κ3) is 1.96. The van der Waals surface area contributed by atoms with E-state index in [2.05, 4.69) is 20.3 Å². The van der Waals surface area contributed by atoms with Crippen molar-refractivity contribution < 1.29 is 4.52 Å². The van der Waals surface area contributed by atoms with E-state index in [1.165, 1.54) is 0 Å². The van der Waals surface area contributed by atoms with Crippen molar-refractivity contribution in [3.63, 3.8) is 0 Å². The van der Waals surface area contributed by atoms with Crippen molar-refractivity contribution in [3.8, 4) is 22.8 Å². The Morgan fingerprint density at radius 1 is 1.00 bits per heavy atom. The number of fused-ring (bicyclic) bond motifs is 1. The molecule has 0 N–H and O–H groups in total. The van der Waals surface area contributed by atoms with Crippen LogP contribution in [0.3, 0.4) is 0 Å². The standard InChI is InChI=1S/C16H13N5O/c1-10-5-3-4-6-13(10)16-17-15(20-22-16)12-7-8-14-19-18-11(2)21(14)9-12/h3-9H,1-2H3. The number of pyridine rings is 1. The fraction of sp³-hybridized carbons (Fsp3) is 0.125. The predicted molar refractivity (Wildman–Crippen MR) is 81.2 cm³/mol. The highest BCUT2D eigenvalue weighted by atomic mass is 16.5. The van der Waals surface area contributed by atoms with Crippen molar-refractivity contribution >= 4 is 5.65 Å².